The molecule has 0 aliphatic carbocycles. The minimum atomic E-state index is -0.273. The highest BCUT2D eigenvalue weighted by atomic mass is 79.9. The second-order valence-electron chi connectivity index (χ2n) is 3.17. The van der Waals surface area contributed by atoms with Gasteiger partial charge in [-0.15, -0.1) is 0 Å². The van der Waals surface area contributed by atoms with Gasteiger partial charge in [0, 0.05) is 0 Å². The van der Waals surface area contributed by atoms with Crippen LogP contribution in [0.4, 0.5) is 5.69 Å². The number of hydrogen-bond acceptors (Lipinski definition) is 4. The lowest BCUT2D eigenvalue weighted by atomic mass is 10.2. The first-order valence-electron chi connectivity index (χ1n) is 4.18. The van der Waals surface area contributed by atoms with Crippen molar-refractivity contribution in [3.63, 3.8) is 0 Å². The third-order valence-electron chi connectivity index (χ3n) is 2.08. The number of nitrogens with zero attached hydrogens (tertiary/aromatic N) is 1. The number of rotatable bonds is 0. The number of hydrogen-bond donors (Lipinski definition) is 3. The van der Waals surface area contributed by atoms with Crippen molar-refractivity contribution in [1.29, 1.82) is 0 Å². The zero-order valence-electron chi connectivity index (χ0n) is 7.84. The summed E-state index contributed by atoms with van der Waals surface area (Å²) in [6, 6.07) is 1.49. The number of halogens is 1. The molecule has 0 saturated heterocycles. The van der Waals surface area contributed by atoms with Crippen LogP contribution in [0.5, 0.6) is 5.75 Å². The molecule has 2 rings (SSSR count). The number of phenolic OH excluding ortho intramolecular Hbond substituents is 1. The summed E-state index contributed by atoms with van der Waals surface area (Å²) in [7, 11) is 0. The van der Waals surface area contributed by atoms with Gasteiger partial charge >= 0.3 is 0 Å². The van der Waals surface area contributed by atoms with Crippen LogP contribution >= 0.6 is 15.9 Å². The molecule has 1 heterocycles. The fourth-order valence-corrected chi connectivity index (χ4v) is 1.81. The van der Waals surface area contributed by atoms with E-state index in [-0.39, 0.29) is 17.0 Å². The summed E-state index contributed by atoms with van der Waals surface area (Å²) in [6.07, 6.45) is 0. The topological polar surface area (TPSA) is 92.0 Å². The summed E-state index contributed by atoms with van der Waals surface area (Å²) in [4.78, 5) is 18.2. The van der Waals surface area contributed by atoms with Crippen molar-refractivity contribution in [3.8, 4) is 5.75 Å². The predicted molar refractivity (Wildman–Crippen MR) is 60.9 cm³/mol. The summed E-state index contributed by atoms with van der Waals surface area (Å²) >= 11 is 3.11. The highest BCUT2D eigenvalue weighted by molar-refractivity contribution is 9.10. The van der Waals surface area contributed by atoms with Gasteiger partial charge in [-0.1, -0.05) is 0 Å². The third-order valence-corrected chi connectivity index (χ3v) is 2.69. The third kappa shape index (κ3) is 1.46. The maximum Gasteiger partial charge on any atom is 0.258 e. The van der Waals surface area contributed by atoms with Crippen LogP contribution in [0.1, 0.15) is 5.82 Å². The van der Waals surface area contributed by atoms with Crippen molar-refractivity contribution < 1.29 is 5.11 Å². The fourth-order valence-electron chi connectivity index (χ4n) is 1.37. The number of benzene rings is 1. The predicted octanol–water partition coefficient (Wildman–Crippen LogP) is 1.28. The Morgan fingerprint density at radius 2 is 2.27 bits per heavy atom. The number of nitrogens with one attached hydrogen (secondary N) is 1. The molecule has 0 spiro atoms. The van der Waals surface area contributed by atoms with Gasteiger partial charge in [-0.05, 0) is 28.9 Å². The van der Waals surface area contributed by atoms with Crippen LogP contribution in [0.3, 0.4) is 0 Å². The number of phenols is 1. The Morgan fingerprint density at radius 1 is 1.60 bits per heavy atom. The minimum Gasteiger partial charge on any atom is -0.505 e. The Labute approximate surface area is 93.1 Å². The van der Waals surface area contributed by atoms with Gasteiger partial charge in [-0.3, -0.25) is 4.79 Å². The molecule has 0 saturated carbocycles. The molecule has 2 aromatic rings. The molecule has 15 heavy (non-hydrogen) atoms. The Morgan fingerprint density at radius 3 is 2.93 bits per heavy atom. The fraction of sp³-hybridized carbons (Fsp3) is 0.111. The van der Waals surface area contributed by atoms with Gasteiger partial charge in [0.25, 0.3) is 5.56 Å². The Hall–Kier alpha value is -1.56. The first kappa shape index (κ1) is 9.97. The van der Waals surface area contributed by atoms with Gasteiger partial charge in [0.2, 0.25) is 0 Å². The first-order chi connectivity index (χ1) is 7.00. The molecule has 0 bridgehead atoms. The van der Waals surface area contributed by atoms with E-state index in [9.17, 15) is 9.90 Å². The second-order valence-corrected chi connectivity index (χ2v) is 4.02. The van der Waals surface area contributed by atoms with E-state index in [4.69, 9.17) is 5.73 Å². The summed E-state index contributed by atoms with van der Waals surface area (Å²) in [6.45, 7) is 1.65. The number of H-pyrrole nitrogens is 1. The monoisotopic (exact) mass is 269 g/mol. The number of aromatic nitrogens is 2. The normalized spacial score (nSPS) is 10.8. The number of aromatic amines is 1. The maximum absolute atomic E-state index is 11.6. The molecule has 1 aromatic carbocycles. The number of aryl methyl sites for hydroxylation is 1. The molecular formula is C9H8BrN3O2. The number of aromatic hydroxyl groups is 1. The number of nitrogens with two attached hydrogens (primary N) is 1. The van der Waals surface area contributed by atoms with Gasteiger partial charge in [-0.2, -0.15) is 0 Å². The SMILES string of the molecule is Cc1nc2c(N)c(O)c(Br)cc2c(=O)[nH]1. The smallest absolute Gasteiger partial charge is 0.258 e. The Bertz CT molecular complexity index is 606. The van der Waals surface area contributed by atoms with Crippen LogP contribution in [0.25, 0.3) is 10.9 Å². The van der Waals surface area contributed by atoms with Gasteiger partial charge in [0.1, 0.15) is 17.0 Å². The van der Waals surface area contributed by atoms with Crippen molar-refractivity contribution in [3.05, 3.63) is 26.7 Å². The molecule has 78 valence electrons. The highest BCUT2D eigenvalue weighted by Gasteiger charge is 2.12. The van der Waals surface area contributed by atoms with Gasteiger partial charge in [-0.25, -0.2) is 4.98 Å². The number of anilines is 1. The molecule has 0 radical (unpaired) electrons. The standard InChI is InChI=1S/C9H8BrN3O2/c1-3-12-7-4(9(15)13-3)2-5(10)8(14)6(7)11/h2,14H,11H2,1H3,(H,12,13,15). The van der Waals surface area contributed by atoms with Gasteiger partial charge in [0.15, 0.2) is 5.75 Å². The molecule has 4 N–H and O–H groups in total. The maximum atomic E-state index is 11.6. The van der Waals surface area contributed by atoms with E-state index in [1.54, 1.807) is 6.92 Å². The van der Waals surface area contributed by atoms with Crippen LogP contribution in [-0.2, 0) is 0 Å². The summed E-state index contributed by atoms with van der Waals surface area (Å²) in [5.41, 5.74) is 5.81. The van der Waals surface area contributed by atoms with E-state index in [0.29, 0.717) is 21.2 Å². The molecular weight excluding hydrogens is 262 g/mol. The lowest BCUT2D eigenvalue weighted by Gasteiger charge is -2.05. The first-order valence-corrected chi connectivity index (χ1v) is 4.97. The highest BCUT2D eigenvalue weighted by Crippen LogP contribution is 2.34. The van der Waals surface area contributed by atoms with E-state index >= 15 is 0 Å². The molecule has 0 unspecified atom stereocenters. The van der Waals surface area contributed by atoms with Crippen molar-refractivity contribution in [2.45, 2.75) is 6.92 Å². The van der Waals surface area contributed by atoms with Gasteiger partial charge in [0.05, 0.1) is 9.86 Å². The van der Waals surface area contributed by atoms with Crippen molar-refractivity contribution in [2.75, 3.05) is 5.73 Å². The number of fused-ring (bicyclic) bond motifs is 1. The van der Waals surface area contributed by atoms with E-state index in [2.05, 4.69) is 25.9 Å². The molecule has 0 amide bonds. The lowest BCUT2D eigenvalue weighted by Crippen LogP contribution is -2.10. The Kier molecular flexibility index (Phi) is 2.15. The van der Waals surface area contributed by atoms with Crippen molar-refractivity contribution in [1.82, 2.24) is 9.97 Å². The zero-order valence-corrected chi connectivity index (χ0v) is 9.42. The van der Waals surface area contributed by atoms with E-state index in [1.165, 1.54) is 6.07 Å². The average molecular weight is 270 g/mol. The van der Waals surface area contributed by atoms with Crippen LogP contribution in [0.15, 0.2) is 15.3 Å². The lowest BCUT2D eigenvalue weighted by molar-refractivity contribution is 0.475. The van der Waals surface area contributed by atoms with E-state index in [1.807, 2.05) is 0 Å². The summed E-state index contributed by atoms with van der Waals surface area (Å²) < 4.78 is 0.378. The second kappa shape index (κ2) is 3.23. The molecule has 6 heteroatoms. The van der Waals surface area contributed by atoms with Crippen molar-refractivity contribution in [2.24, 2.45) is 0 Å². The largest absolute Gasteiger partial charge is 0.505 e. The van der Waals surface area contributed by atoms with Crippen LogP contribution in [0.2, 0.25) is 0 Å². The van der Waals surface area contributed by atoms with Crippen LogP contribution in [-0.4, -0.2) is 15.1 Å². The molecule has 0 fully saturated rings. The number of nitrogen functional groups attached to an aromatic ring is 1. The molecule has 0 aliphatic heterocycles. The molecule has 5 nitrogen and oxygen atoms in total. The van der Waals surface area contributed by atoms with Crippen molar-refractivity contribution >= 4 is 32.5 Å². The van der Waals surface area contributed by atoms with E-state index in [0.717, 1.165) is 0 Å². The minimum absolute atomic E-state index is 0.0972. The quantitative estimate of drug-likeness (QED) is 0.496. The van der Waals surface area contributed by atoms with Crippen LogP contribution < -0.4 is 11.3 Å². The molecule has 0 atom stereocenters. The van der Waals surface area contributed by atoms with E-state index < -0.39 is 0 Å². The summed E-state index contributed by atoms with van der Waals surface area (Å²) in [5, 5.41) is 9.91. The molecule has 0 aliphatic rings. The van der Waals surface area contributed by atoms with Gasteiger partial charge < -0.3 is 15.8 Å². The Balaban J connectivity index is 3.05. The zero-order chi connectivity index (χ0) is 11.2. The average Bonchev–Trinajstić information content (AvgIpc) is 2.17. The van der Waals surface area contributed by atoms with Crippen LogP contribution in [0, 0.1) is 6.92 Å². The molecule has 1 aromatic heterocycles. The summed E-state index contributed by atoms with van der Waals surface area (Å²) in [5.74, 6) is 0.362.